The van der Waals surface area contributed by atoms with E-state index in [1.165, 1.54) is 0 Å². The van der Waals surface area contributed by atoms with Crippen molar-refractivity contribution in [3.8, 4) is 5.75 Å². The number of fused-ring (bicyclic) bond motifs is 3. The van der Waals surface area contributed by atoms with E-state index in [0.29, 0.717) is 11.1 Å². The molecule has 1 aliphatic carbocycles. The van der Waals surface area contributed by atoms with Crippen molar-refractivity contribution in [2.75, 3.05) is 13.7 Å². The first-order valence-electron chi connectivity index (χ1n) is 10.3. The second kappa shape index (κ2) is 7.84. The van der Waals surface area contributed by atoms with Crippen LogP contribution in [0.3, 0.4) is 0 Å². The Labute approximate surface area is 179 Å². The van der Waals surface area contributed by atoms with Gasteiger partial charge in [-0.3, -0.25) is 9.78 Å². The molecular formula is C26H21NO4. The molecule has 0 aliphatic heterocycles. The summed E-state index contributed by atoms with van der Waals surface area (Å²) in [5, 5.41) is 2.68. The summed E-state index contributed by atoms with van der Waals surface area (Å²) in [4.78, 5) is 30.5. The molecule has 5 rings (SSSR count). The van der Waals surface area contributed by atoms with E-state index >= 15 is 0 Å². The number of Topliss-reactive ketones (excluding diaryl/α,β-unsaturated/α-hetero) is 1. The van der Waals surface area contributed by atoms with E-state index in [9.17, 15) is 9.59 Å². The molecule has 0 fully saturated rings. The van der Waals surface area contributed by atoms with E-state index in [-0.39, 0.29) is 12.4 Å². The summed E-state index contributed by atoms with van der Waals surface area (Å²) in [6.07, 6.45) is 2.64. The first kappa shape index (κ1) is 19.2. The van der Waals surface area contributed by atoms with Crippen molar-refractivity contribution >= 4 is 33.4 Å². The van der Waals surface area contributed by atoms with Crippen molar-refractivity contribution in [3.05, 3.63) is 83.0 Å². The van der Waals surface area contributed by atoms with Crippen molar-refractivity contribution in [2.45, 2.75) is 19.3 Å². The molecule has 0 saturated carbocycles. The van der Waals surface area contributed by atoms with Gasteiger partial charge in [-0.2, -0.15) is 0 Å². The molecule has 0 bridgehead atoms. The number of aryl methyl sites for hydroxylation is 1. The smallest absolute Gasteiger partial charge is 0.339 e. The van der Waals surface area contributed by atoms with Gasteiger partial charge in [0.1, 0.15) is 5.75 Å². The van der Waals surface area contributed by atoms with Crippen LogP contribution in [0.1, 0.15) is 38.4 Å². The summed E-state index contributed by atoms with van der Waals surface area (Å²) < 4.78 is 10.7. The van der Waals surface area contributed by atoms with Crippen LogP contribution in [0.4, 0.5) is 0 Å². The summed E-state index contributed by atoms with van der Waals surface area (Å²) >= 11 is 0. The van der Waals surface area contributed by atoms with E-state index in [1.807, 2.05) is 54.6 Å². The summed E-state index contributed by atoms with van der Waals surface area (Å²) in [6.45, 7) is -0.300. The number of pyridine rings is 1. The van der Waals surface area contributed by atoms with Crippen LogP contribution in [0, 0.1) is 0 Å². The Morgan fingerprint density at radius 3 is 2.65 bits per heavy atom. The van der Waals surface area contributed by atoms with Crippen molar-refractivity contribution in [1.29, 1.82) is 0 Å². The molecule has 0 radical (unpaired) electrons. The Morgan fingerprint density at radius 2 is 1.77 bits per heavy atom. The maximum atomic E-state index is 13.0. The normalized spacial score (nSPS) is 12.7. The molecule has 3 aromatic carbocycles. The molecule has 1 aromatic heterocycles. The molecule has 1 heterocycles. The molecular weight excluding hydrogens is 390 g/mol. The summed E-state index contributed by atoms with van der Waals surface area (Å²) in [5.41, 5.74) is 3.76. The van der Waals surface area contributed by atoms with E-state index in [0.717, 1.165) is 57.9 Å². The van der Waals surface area contributed by atoms with E-state index < -0.39 is 5.97 Å². The minimum atomic E-state index is -0.462. The Kier molecular flexibility index (Phi) is 4.86. The molecule has 0 amide bonds. The Morgan fingerprint density at radius 1 is 0.968 bits per heavy atom. The highest BCUT2D eigenvalue weighted by molar-refractivity contribution is 6.07. The Bertz CT molecular complexity index is 1340. The lowest BCUT2D eigenvalue weighted by Crippen LogP contribution is -2.16. The highest BCUT2D eigenvalue weighted by Crippen LogP contribution is 2.30. The first-order valence-corrected chi connectivity index (χ1v) is 10.3. The fourth-order valence-electron chi connectivity index (χ4n) is 4.25. The molecule has 0 unspecified atom stereocenters. The van der Waals surface area contributed by atoms with Crippen LogP contribution in [-0.2, 0) is 17.6 Å². The van der Waals surface area contributed by atoms with Crippen LogP contribution in [0.5, 0.6) is 5.75 Å². The fourth-order valence-corrected chi connectivity index (χ4v) is 4.25. The predicted molar refractivity (Wildman–Crippen MR) is 119 cm³/mol. The van der Waals surface area contributed by atoms with Gasteiger partial charge < -0.3 is 9.47 Å². The number of hydrogen-bond donors (Lipinski definition) is 0. The van der Waals surface area contributed by atoms with Gasteiger partial charge in [-0.15, -0.1) is 0 Å². The van der Waals surface area contributed by atoms with E-state index in [1.54, 1.807) is 13.2 Å². The summed E-state index contributed by atoms with van der Waals surface area (Å²) in [5.74, 6) is 0.0642. The largest absolute Gasteiger partial charge is 0.497 e. The van der Waals surface area contributed by atoms with Gasteiger partial charge in [0.05, 0.1) is 18.2 Å². The fraction of sp³-hybridized carbons (Fsp3) is 0.192. The van der Waals surface area contributed by atoms with Gasteiger partial charge in [0.25, 0.3) is 0 Å². The predicted octanol–water partition coefficient (Wildman–Crippen LogP) is 4.93. The number of carbonyl (C=O) groups excluding carboxylic acids is 2. The SMILES string of the molecule is COc1ccc2cc(C(=O)COC(=O)c3c4c(nc5ccccc35)CCC4)ccc2c1. The maximum Gasteiger partial charge on any atom is 0.339 e. The van der Waals surface area contributed by atoms with Crippen molar-refractivity contribution in [3.63, 3.8) is 0 Å². The quantitative estimate of drug-likeness (QED) is 0.344. The molecule has 0 saturated heterocycles. The van der Waals surface area contributed by atoms with Crippen LogP contribution in [0.2, 0.25) is 0 Å². The number of ether oxygens (including phenoxy) is 2. The van der Waals surface area contributed by atoms with Crippen LogP contribution < -0.4 is 4.74 Å². The zero-order chi connectivity index (χ0) is 21.4. The van der Waals surface area contributed by atoms with Gasteiger partial charge in [0, 0.05) is 16.6 Å². The number of aromatic nitrogens is 1. The number of methoxy groups -OCH3 is 1. The minimum Gasteiger partial charge on any atom is -0.497 e. The number of ketones is 1. The highest BCUT2D eigenvalue weighted by Gasteiger charge is 2.25. The van der Waals surface area contributed by atoms with Gasteiger partial charge in [-0.05, 0) is 59.9 Å². The summed E-state index contributed by atoms with van der Waals surface area (Å²) in [7, 11) is 1.62. The van der Waals surface area contributed by atoms with Gasteiger partial charge in [-0.1, -0.05) is 36.4 Å². The average molecular weight is 411 g/mol. The number of nitrogens with zero attached hydrogens (tertiary/aromatic N) is 1. The molecule has 0 N–H and O–H groups in total. The second-order valence-corrected chi connectivity index (χ2v) is 7.71. The standard InChI is InChI=1S/C26H21NO4/c1-30-19-12-11-16-13-18(10-9-17(16)14-19)24(28)15-31-26(29)25-20-5-2-3-7-22(20)27-23-8-4-6-21(23)25/h2-3,5,7,9-14H,4,6,8,15H2,1H3. The zero-order valence-corrected chi connectivity index (χ0v) is 17.2. The van der Waals surface area contributed by atoms with E-state index in [4.69, 9.17) is 14.5 Å². The van der Waals surface area contributed by atoms with Gasteiger partial charge in [-0.25, -0.2) is 4.79 Å². The third kappa shape index (κ3) is 3.52. The van der Waals surface area contributed by atoms with Gasteiger partial charge >= 0.3 is 5.97 Å². The number of esters is 1. The molecule has 4 aromatic rings. The highest BCUT2D eigenvalue weighted by atomic mass is 16.5. The number of para-hydroxylation sites is 1. The molecule has 5 heteroatoms. The molecule has 0 spiro atoms. The van der Waals surface area contributed by atoms with E-state index in [2.05, 4.69) is 0 Å². The van der Waals surface area contributed by atoms with Crippen LogP contribution in [-0.4, -0.2) is 30.5 Å². The van der Waals surface area contributed by atoms with Crippen molar-refractivity contribution in [2.24, 2.45) is 0 Å². The molecule has 1 aliphatic rings. The van der Waals surface area contributed by atoms with Gasteiger partial charge in [0.15, 0.2) is 12.4 Å². The molecule has 154 valence electrons. The monoisotopic (exact) mass is 411 g/mol. The van der Waals surface area contributed by atoms with Gasteiger partial charge in [0.2, 0.25) is 0 Å². The van der Waals surface area contributed by atoms with Crippen molar-refractivity contribution in [1.82, 2.24) is 4.98 Å². The average Bonchev–Trinajstić information content (AvgIpc) is 3.28. The number of benzene rings is 3. The van der Waals surface area contributed by atoms with Crippen LogP contribution >= 0.6 is 0 Å². The number of carbonyl (C=O) groups is 2. The van der Waals surface area contributed by atoms with Crippen molar-refractivity contribution < 1.29 is 19.1 Å². The second-order valence-electron chi connectivity index (χ2n) is 7.71. The molecule has 5 nitrogen and oxygen atoms in total. The maximum absolute atomic E-state index is 13.0. The number of rotatable bonds is 5. The Balaban J connectivity index is 1.39. The minimum absolute atomic E-state index is 0.235. The lowest BCUT2D eigenvalue weighted by Gasteiger charge is -2.12. The first-order chi connectivity index (χ1) is 15.1. The van der Waals surface area contributed by atoms with Crippen LogP contribution in [0.15, 0.2) is 60.7 Å². The topological polar surface area (TPSA) is 65.5 Å². The summed E-state index contributed by atoms with van der Waals surface area (Å²) in [6, 6.07) is 18.7. The molecule has 0 atom stereocenters. The lowest BCUT2D eigenvalue weighted by molar-refractivity contribution is 0.0475. The Hall–Kier alpha value is -3.73. The third-order valence-corrected chi connectivity index (χ3v) is 5.83. The lowest BCUT2D eigenvalue weighted by atomic mass is 10.0. The number of hydrogen-bond acceptors (Lipinski definition) is 5. The third-order valence-electron chi connectivity index (χ3n) is 5.83. The molecule has 31 heavy (non-hydrogen) atoms. The zero-order valence-electron chi connectivity index (χ0n) is 17.2. The van der Waals surface area contributed by atoms with Crippen LogP contribution in [0.25, 0.3) is 21.7 Å².